The maximum atomic E-state index is 12.6. The van der Waals surface area contributed by atoms with Crippen molar-refractivity contribution in [3.63, 3.8) is 0 Å². The first-order valence-corrected chi connectivity index (χ1v) is 17.1. The average molecular weight is 580 g/mol. The Morgan fingerprint density at radius 1 is 0.523 bits per heavy atom. The molecule has 4 aromatic rings. The number of rotatable bonds is 12. The van der Waals surface area contributed by atoms with Gasteiger partial charge in [0.05, 0.1) is 0 Å². The van der Waals surface area contributed by atoms with Gasteiger partial charge in [-0.3, -0.25) is 9.59 Å². The summed E-state index contributed by atoms with van der Waals surface area (Å²) in [6.45, 7) is 13.4. The topological polar surface area (TPSA) is 34.1 Å². The van der Waals surface area contributed by atoms with Gasteiger partial charge in [-0.2, -0.15) is 0 Å². The summed E-state index contributed by atoms with van der Waals surface area (Å²) >= 11 is 0. The summed E-state index contributed by atoms with van der Waals surface area (Å²) in [5.74, 6) is 0. The molecule has 0 spiro atoms. The lowest BCUT2D eigenvalue weighted by Crippen LogP contribution is -2.30. The van der Waals surface area contributed by atoms with Crippen LogP contribution in [0.5, 0.6) is 0 Å². The molecule has 2 nitrogen and oxygen atoms in total. The number of benzene rings is 4. The van der Waals surface area contributed by atoms with Gasteiger partial charge in [0.2, 0.25) is 0 Å². The molecule has 0 fully saturated rings. The summed E-state index contributed by atoms with van der Waals surface area (Å²) in [5.41, 5.74) is 15.2. The van der Waals surface area contributed by atoms with Crippen molar-refractivity contribution in [2.45, 2.75) is 119 Å². The molecule has 0 atom stereocenters. The highest BCUT2D eigenvalue weighted by Crippen LogP contribution is 2.39. The van der Waals surface area contributed by atoms with Gasteiger partial charge in [0, 0.05) is 11.1 Å². The van der Waals surface area contributed by atoms with Gasteiger partial charge in [-0.1, -0.05) is 65.3 Å². The molecule has 0 bridgehead atoms. The van der Waals surface area contributed by atoms with Crippen LogP contribution in [0.3, 0.4) is 0 Å². The zero-order valence-corrected chi connectivity index (χ0v) is 27.8. The molecule has 224 valence electrons. The third kappa shape index (κ3) is 5.07. The first kappa shape index (κ1) is 32.3. The minimum atomic E-state index is 0.582. The highest BCUT2D eigenvalue weighted by Gasteiger charge is 2.29. The van der Waals surface area contributed by atoms with E-state index in [1.54, 1.807) is 0 Å². The second kappa shape index (κ2) is 13.5. The Labute approximate surface area is 267 Å². The van der Waals surface area contributed by atoms with Crippen LogP contribution in [-0.2, 0) is 51.4 Å². The average Bonchev–Trinajstić information content (AvgIpc) is 3.05. The zero-order chi connectivity index (χ0) is 31.7. The molecule has 5 rings (SSSR count). The Morgan fingerprint density at radius 2 is 0.886 bits per heavy atom. The smallest absolute Gasteiger partial charge is 0.151 e. The molecule has 0 unspecified atom stereocenters. The lowest BCUT2D eigenvalue weighted by atomic mass is 9.67. The molecule has 0 saturated carbocycles. The monoisotopic (exact) mass is 580 g/mol. The van der Waals surface area contributed by atoms with E-state index in [1.807, 2.05) is 0 Å². The quantitative estimate of drug-likeness (QED) is 0.0864. The lowest BCUT2D eigenvalue weighted by Gasteiger charge is -2.32. The van der Waals surface area contributed by atoms with Crippen molar-refractivity contribution in [1.82, 2.24) is 0 Å². The summed E-state index contributed by atoms with van der Waals surface area (Å²) in [6.07, 6.45) is 12.6. The normalized spacial score (nSPS) is 12.5. The Hall–Kier alpha value is -3.13. The van der Waals surface area contributed by atoms with E-state index in [0.717, 1.165) is 121 Å². The fourth-order valence-electron chi connectivity index (χ4n) is 8.29. The van der Waals surface area contributed by atoms with Crippen LogP contribution in [0.4, 0.5) is 0 Å². The molecular formula is C40H46B2O2. The molecule has 0 N–H and O–H groups in total. The molecule has 0 aliphatic heterocycles. The van der Waals surface area contributed by atoms with E-state index in [0.29, 0.717) is 24.0 Å². The second-order valence-electron chi connectivity index (χ2n) is 12.6. The minimum Gasteiger partial charge on any atom is -0.298 e. The number of carbonyl (C=O) groups is 2. The molecule has 4 radical (unpaired) electrons. The van der Waals surface area contributed by atoms with Crippen molar-refractivity contribution in [3.8, 4) is 0 Å². The van der Waals surface area contributed by atoms with Gasteiger partial charge >= 0.3 is 0 Å². The number of hydrogen-bond donors (Lipinski definition) is 0. The fraction of sp³-hybridized carbons (Fsp3) is 0.450. The third-order valence-electron chi connectivity index (χ3n) is 10.4. The molecule has 0 heterocycles. The predicted molar refractivity (Wildman–Crippen MR) is 190 cm³/mol. The number of aryl methyl sites for hydroxylation is 2. The van der Waals surface area contributed by atoms with Crippen molar-refractivity contribution in [3.05, 3.63) is 78.9 Å². The molecule has 0 aromatic heterocycles. The summed E-state index contributed by atoms with van der Waals surface area (Å²) < 4.78 is 0. The van der Waals surface area contributed by atoms with Crippen LogP contribution in [0.1, 0.15) is 144 Å². The minimum absolute atomic E-state index is 0.582. The van der Waals surface area contributed by atoms with Crippen molar-refractivity contribution in [2.24, 2.45) is 0 Å². The molecule has 0 amide bonds. The van der Waals surface area contributed by atoms with E-state index >= 15 is 0 Å². The van der Waals surface area contributed by atoms with Crippen molar-refractivity contribution >= 4 is 60.7 Å². The van der Waals surface area contributed by atoms with Crippen molar-refractivity contribution < 1.29 is 9.59 Å². The van der Waals surface area contributed by atoms with Gasteiger partial charge in [-0.25, -0.2) is 0 Å². The molecule has 0 saturated heterocycles. The molecule has 4 aromatic carbocycles. The number of hydrogen-bond acceptors (Lipinski definition) is 2. The summed E-state index contributed by atoms with van der Waals surface area (Å²) in [4.78, 5) is 25.1. The maximum Gasteiger partial charge on any atom is 0.151 e. The molecule has 1 aliphatic carbocycles. The Morgan fingerprint density at radius 3 is 1.18 bits per heavy atom. The Balaban J connectivity index is 1.86. The molecule has 44 heavy (non-hydrogen) atoms. The van der Waals surface area contributed by atoms with Gasteiger partial charge in [0.1, 0.15) is 15.7 Å². The van der Waals surface area contributed by atoms with Gasteiger partial charge in [-0.15, -0.1) is 0 Å². The third-order valence-corrected chi connectivity index (χ3v) is 10.4. The summed E-state index contributed by atoms with van der Waals surface area (Å²) in [7, 11) is 14.3. The predicted octanol–water partition coefficient (Wildman–Crippen LogP) is 7.64. The van der Waals surface area contributed by atoms with E-state index in [1.165, 1.54) is 44.2 Å². The maximum absolute atomic E-state index is 12.6. The SMILES string of the molecule is [B]c1c2c(c([B])c3cc4c(CC)c(CC)c(CC)c(CC)c4cc13)Cc1c(CCCC)c(C=O)c(C=O)c(CCCC)c1C2. The largest absolute Gasteiger partial charge is 0.298 e. The van der Waals surface area contributed by atoms with E-state index in [-0.39, 0.29) is 0 Å². The van der Waals surface area contributed by atoms with Crippen LogP contribution in [-0.4, -0.2) is 28.3 Å². The number of aldehydes is 2. The highest BCUT2D eigenvalue weighted by molar-refractivity contribution is 6.47. The van der Waals surface area contributed by atoms with E-state index in [2.05, 4.69) is 53.7 Å². The summed E-state index contributed by atoms with van der Waals surface area (Å²) in [6, 6.07) is 4.64. The fourth-order valence-corrected chi connectivity index (χ4v) is 8.29. The van der Waals surface area contributed by atoms with E-state index in [4.69, 9.17) is 15.7 Å². The van der Waals surface area contributed by atoms with Crippen LogP contribution >= 0.6 is 0 Å². The Bertz CT molecular complexity index is 1650. The number of fused-ring (bicyclic) bond motifs is 4. The van der Waals surface area contributed by atoms with E-state index < -0.39 is 0 Å². The zero-order valence-electron chi connectivity index (χ0n) is 27.8. The van der Waals surface area contributed by atoms with Crippen LogP contribution in [0.15, 0.2) is 12.1 Å². The van der Waals surface area contributed by atoms with Crippen LogP contribution in [0.25, 0.3) is 21.5 Å². The molecule has 4 heteroatoms. The standard InChI is InChI=1S/C40H46B2O2/c1-7-13-15-27-31-19-35-36(20-32(31)28(16-14-8-2)38(22-44)37(27)21-43)40(42)34-18-30-26(12-6)24(10-4)23(9-3)25(11-5)29(30)17-33(34)39(35)41/h17-18,21-22H,7-16,19-20H2,1-6H3. The van der Waals surface area contributed by atoms with Crippen LogP contribution in [0, 0.1) is 0 Å². The van der Waals surface area contributed by atoms with Gasteiger partial charge < -0.3 is 0 Å². The second-order valence-corrected chi connectivity index (χ2v) is 12.6. The summed E-state index contributed by atoms with van der Waals surface area (Å²) in [5, 5.41) is 4.67. The first-order chi connectivity index (χ1) is 21.3. The molecular weight excluding hydrogens is 534 g/mol. The highest BCUT2D eigenvalue weighted by atomic mass is 16.1. The van der Waals surface area contributed by atoms with Gasteiger partial charge in [-0.05, 0) is 154 Å². The lowest BCUT2D eigenvalue weighted by molar-refractivity contribution is 0.109. The molecule has 1 aliphatic rings. The Kier molecular flexibility index (Phi) is 9.88. The van der Waals surface area contributed by atoms with Gasteiger partial charge in [0.15, 0.2) is 12.6 Å². The number of carbonyl (C=O) groups excluding carboxylic acids is 2. The number of unbranched alkanes of at least 4 members (excludes halogenated alkanes) is 2. The van der Waals surface area contributed by atoms with Crippen molar-refractivity contribution in [2.75, 3.05) is 0 Å². The van der Waals surface area contributed by atoms with Crippen LogP contribution in [0.2, 0.25) is 0 Å². The van der Waals surface area contributed by atoms with E-state index in [9.17, 15) is 9.59 Å². The van der Waals surface area contributed by atoms with Crippen molar-refractivity contribution in [1.29, 1.82) is 0 Å². The van der Waals surface area contributed by atoms with Crippen LogP contribution < -0.4 is 10.9 Å². The first-order valence-electron chi connectivity index (χ1n) is 17.1. The van der Waals surface area contributed by atoms with Gasteiger partial charge in [0.25, 0.3) is 0 Å².